The summed E-state index contributed by atoms with van der Waals surface area (Å²) in [5.74, 6) is 2.03. The molecule has 0 radical (unpaired) electrons. The third-order valence-corrected chi connectivity index (χ3v) is 4.97. The smallest absolute Gasteiger partial charge is 0.407 e. The number of aromatic nitrogens is 3. The maximum Gasteiger partial charge on any atom is 0.407 e. The van der Waals surface area contributed by atoms with Crippen LogP contribution in [-0.2, 0) is 11.3 Å². The van der Waals surface area contributed by atoms with Crippen LogP contribution in [0.4, 0.5) is 10.6 Å². The second-order valence-corrected chi connectivity index (χ2v) is 8.72. The van der Waals surface area contributed by atoms with E-state index in [1.54, 1.807) is 0 Å². The zero-order valence-electron chi connectivity index (χ0n) is 18.3. The Hall–Kier alpha value is -3.29. The molecule has 1 amide bonds. The van der Waals surface area contributed by atoms with Crippen LogP contribution in [0, 0.1) is 0 Å². The van der Waals surface area contributed by atoms with Gasteiger partial charge in [-0.3, -0.25) is 5.10 Å². The van der Waals surface area contributed by atoms with E-state index in [1.807, 2.05) is 57.2 Å². The number of ether oxygens (including phenoxy) is 1. The minimum atomic E-state index is -0.541. The number of H-pyrrole nitrogens is 1. The SMILES string of the molecule is CC(C)(C)OC(=O)NCc1cc(-c2oc(-c3ccccc3)nc2N2CCCCC2)n[nH]1. The van der Waals surface area contributed by atoms with Crippen LogP contribution < -0.4 is 10.2 Å². The molecule has 31 heavy (non-hydrogen) atoms. The molecule has 3 aromatic rings. The van der Waals surface area contributed by atoms with E-state index in [1.165, 1.54) is 6.42 Å². The van der Waals surface area contributed by atoms with Crippen molar-refractivity contribution >= 4 is 11.9 Å². The first-order valence-corrected chi connectivity index (χ1v) is 10.7. The summed E-state index contributed by atoms with van der Waals surface area (Å²) in [6, 6.07) is 11.7. The summed E-state index contributed by atoms with van der Waals surface area (Å²) in [5.41, 5.74) is 1.80. The number of amides is 1. The largest absolute Gasteiger partial charge is 0.444 e. The van der Waals surface area contributed by atoms with E-state index in [0.717, 1.165) is 43.0 Å². The van der Waals surface area contributed by atoms with Gasteiger partial charge in [-0.1, -0.05) is 18.2 Å². The van der Waals surface area contributed by atoms with Crippen molar-refractivity contribution in [3.8, 4) is 22.9 Å². The van der Waals surface area contributed by atoms with E-state index in [2.05, 4.69) is 20.4 Å². The third kappa shape index (κ3) is 5.25. The van der Waals surface area contributed by atoms with Crippen LogP contribution in [0.5, 0.6) is 0 Å². The number of benzene rings is 1. The van der Waals surface area contributed by atoms with Gasteiger partial charge >= 0.3 is 6.09 Å². The summed E-state index contributed by atoms with van der Waals surface area (Å²) in [6.45, 7) is 7.67. The van der Waals surface area contributed by atoms with Crippen LogP contribution in [0.25, 0.3) is 22.9 Å². The van der Waals surface area contributed by atoms with Gasteiger partial charge in [-0.2, -0.15) is 10.1 Å². The van der Waals surface area contributed by atoms with Crippen molar-refractivity contribution in [3.05, 3.63) is 42.1 Å². The van der Waals surface area contributed by atoms with Crippen molar-refractivity contribution in [2.45, 2.75) is 52.2 Å². The van der Waals surface area contributed by atoms with Gasteiger partial charge in [0, 0.05) is 18.7 Å². The van der Waals surface area contributed by atoms with Gasteiger partial charge in [-0.25, -0.2) is 4.79 Å². The highest BCUT2D eigenvalue weighted by Crippen LogP contribution is 2.35. The average Bonchev–Trinajstić information content (AvgIpc) is 3.39. The number of hydrogen-bond acceptors (Lipinski definition) is 6. The molecule has 8 heteroatoms. The number of anilines is 1. The third-order valence-electron chi connectivity index (χ3n) is 4.97. The van der Waals surface area contributed by atoms with Crippen LogP contribution >= 0.6 is 0 Å². The molecule has 2 aromatic heterocycles. The molecule has 0 unspecified atom stereocenters. The predicted molar refractivity (Wildman–Crippen MR) is 119 cm³/mol. The fourth-order valence-electron chi connectivity index (χ4n) is 3.55. The lowest BCUT2D eigenvalue weighted by Gasteiger charge is -2.26. The second kappa shape index (κ2) is 8.83. The van der Waals surface area contributed by atoms with E-state index in [4.69, 9.17) is 14.1 Å². The van der Waals surface area contributed by atoms with Crippen molar-refractivity contribution in [2.24, 2.45) is 0 Å². The Labute approximate surface area is 182 Å². The average molecular weight is 424 g/mol. The maximum atomic E-state index is 11.9. The number of nitrogens with one attached hydrogen (secondary N) is 2. The zero-order chi connectivity index (χ0) is 21.8. The van der Waals surface area contributed by atoms with Crippen molar-refractivity contribution in [3.63, 3.8) is 0 Å². The first-order chi connectivity index (χ1) is 14.9. The molecule has 0 bridgehead atoms. The van der Waals surface area contributed by atoms with Crippen LogP contribution in [0.1, 0.15) is 45.7 Å². The lowest BCUT2D eigenvalue weighted by molar-refractivity contribution is 0.0523. The highest BCUT2D eigenvalue weighted by atomic mass is 16.6. The highest BCUT2D eigenvalue weighted by molar-refractivity contribution is 5.72. The maximum absolute atomic E-state index is 11.9. The fourth-order valence-corrected chi connectivity index (χ4v) is 3.55. The normalized spacial score (nSPS) is 14.5. The Morgan fingerprint density at radius 1 is 1.19 bits per heavy atom. The molecule has 8 nitrogen and oxygen atoms in total. The van der Waals surface area contributed by atoms with Crippen molar-refractivity contribution in [2.75, 3.05) is 18.0 Å². The molecule has 1 fully saturated rings. The number of carbonyl (C=O) groups is 1. The van der Waals surface area contributed by atoms with Gasteiger partial charge in [-0.05, 0) is 58.2 Å². The summed E-state index contributed by atoms with van der Waals surface area (Å²) in [7, 11) is 0. The van der Waals surface area contributed by atoms with E-state index < -0.39 is 11.7 Å². The lowest BCUT2D eigenvalue weighted by Crippen LogP contribution is -2.32. The first kappa shape index (κ1) is 21.0. The number of piperidine rings is 1. The van der Waals surface area contributed by atoms with Crippen molar-refractivity contribution < 1.29 is 13.9 Å². The number of oxazole rings is 1. The molecule has 164 valence electrons. The molecule has 3 heterocycles. The number of alkyl carbamates (subject to hydrolysis) is 1. The number of nitrogens with zero attached hydrogens (tertiary/aromatic N) is 3. The molecule has 1 saturated heterocycles. The van der Waals surface area contributed by atoms with E-state index in [0.29, 0.717) is 17.3 Å². The Kier molecular flexibility index (Phi) is 5.97. The van der Waals surface area contributed by atoms with Crippen molar-refractivity contribution in [1.29, 1.82) is 0 Å². The Balaban J connectivity index is 1.57. The summed E-state index contributed by atoms with van der Waals surface area (Å²) in [6.07, 6.45) is 3.04. The van der Waals surface area contributed by atoms with E-state index in [9.17, 15) is 4.79 Å². The second-order valence-electron chi connectivity index (χ2n) is 8.72. The minimum absolute atomic E-state index is 0.278. The topological polar surface area (TPSA) is 96.3 Å². The minimum Gasteiger partial charge on any atom is -0.444 e. The standard InChI is InChI=1S/C23H29N5O3/c1-23(2,3)31-22(29)24-15-17-14-18(27-26-17)19-20(28-12-8-5-9-13-28)25-21(30-19)16-10-6-4-7-11-16/h4,6-7,10-11,14H,5,8-9,12-13,15H2,1-3H3,(H,24,29)(H,26,27). The van der Waals surface area contributed by atoms with E-state index >= 15 is 0 Å². The molecular weight excluding hydrogens is 394 g/mol. The number of aromatic amines is 1. The summed E-state index contributed by atoms with van der Waals surface area (Å²) < 4.78 is 11.5. The van der Waals surface area contributed by atoms with Gasteiger partial charge in [0.1, 0.15) is 11.3 Å². The Morgan fingerprint density at radius 2 is 1.94 bits per heavy atom. The van der Waals surface area contributed by atoms with Gasteiger partial charge in [0.25, 0.3) is 0 Å². The van der Waals surface area contributed by atoms with Gasteiger partial charge in [0.15, 0.2) is 11.6 Å². The first-order valence-electron chi connectivity index (χ1n) is 10.7. The molecule has 0 spiro atoms. The Bertz CT molecular complexity index is 1010. The molecule has 1 aliphatic rings. The zero-order valence-corrected chi connectivity index (χ0v) is 18.3. The molecule has 2 N–H and O–H groups in total. The summed E-state index contributed by atoms with van der Waals surface area (Å²) in [5, 5.41) is 10.1. The quantitative estimate of drug-likeness (QED) is 0.615. The van der Waals surface area contributed by atoms with Crippen LogP contribution in [-0.4, -0.2) is 40.0 Å². The van der Waals surface area contributed by atoms with Crippen LogP contribution in [0.3, 0.4) is 0 Å². The molecule has 1 aromatic carbocycles. The van der Waals surface area contributed by atoms with Crippen molar-refractivity contribution in [1.82, 2.24) is 20.5 Å². The van der Waals surface area contributed by atoms with Gasteiger partial charge in [0.2, 0.25) is 5.89 Å². The molecule has 4 rings (SSSR count). The number of hydrogen-bond donors (Lipinski definition) is 2. The number of rotatable bonds is 5. The summed E-state index contributed by atoms with van der Waals surface area (Å²) >= 11 is 0. The lowest BCUT2D eigenvalue weighted by atomic mass is 10.1. The summed E-state index contributed by atoms with van der Waals surface area (Å²) in [4.78, 5) is 19.0. The van der Waals surface area contributed by atoms with Crippen LogP contribution in [0.15, 0.2) is 40.8 Å². The van der Waals surface area contributed by atoms with Crippen LogP contribution in [0.2, 0.25) is 0 Å². The highest BCUT2D eigenvalue weighted by Gasteiger charge is 2.25. The number of carbonyl (C=O) groups excluding carboxylic acids is 1. The fraction of sp³-hybridized carbons (Fsp3) is 0.435. The molecular formula is C23H29N5O3. The monoisotopic (exact) mass is 423 g/mol. The Morgan fingerprint density at radius 3 is 2.65 bits per heavy atom. The van der Waals surface area contributed by atoms with E-state index in [-0.39, 0.29) is 6.54 Å². The van der Waals surface area contributed by atoms with Gasteiger partial charge < -0.3 is 19.4 Å². The predicted octanol–water partition coefficient (Wildman–Crippen LogP) is 4.75. The molecule has 0 aliphatic carbocycles. The van der Waals surface area contributed by atoms with Gasteiger partial charge in [0.05, 0.1) is 12.2 Å². The molecule has 1 aliphatic heterocycles. The molecule has 0 saturated carbocycles. The van der Waals surface area contributed by atoms with Gasteiger partial charge in [-0.15, -0.1) is 0 Å². The molecule has 0 atom stereocenters.